The summed E-state index contributed by atoms with van der Waals surface area (Å²) in [5.41, 5.74) is 1.11. The number of benzene rings is 1. The largest absolute Gasteiger partial charge is 0.481 e. The van der Waals surface area contributed by atoms with Crippen molar-refractivity contribution in [2.75, 3.05) is 11.9 Å². The number of aliphatic carboxylic acids is 1. The number of amides is 2. The highest BCUT2D eigenvalue weighted by Gasteiger charge is 2.19. The Labute approximate surface area is 148 Å². The molecule has 2 amide bonds. The highest BCUT2D eigenvalue weighted by atomic mass is 16.4. The summed E-state index contributed by atoms with van der Waals surface area (Å²) in [4.78, 5) is 34.7. The summed E-state index contributed by atoms with van der Waals surface area (Å²) in [7, 11) is 0. The summed E-state index contributed by atoms with van der Waals surface area (Å²) < 4.78 is 0. The second kappa shape index (κ2) is 9.81. The van der Waals surface area contributed by atoms with E-state index < -0.39 is 5.97 Å². The zero-order valence-electron chi connectivity index (χ0n) is 14.4. The van der Waals surface area contributed by atoms with E-state index in [1.807, 2.05) is 0 Å². The van der Waals surface area contributed by atoms with Crippen LogP contribution in [0.5, 0.6) is 0 Å². The van der Waals surface area contributed by atoms with Crippen molar-refractivity contribution in [1.82, 2.24) is 5.32 Å². The maximum Gasteiger partial charge on any atom is 0.305 e. The molecule has 0 aliphatic heterocycles. The fourth-order valence-corrected chi connectivity index (χ4v) is 3.05. The van der Waals surface area contributed by atoms with Gasteiger partial charge in [-0.15, -0.1) is 0 Å². The fraction of sp³-hybridized carbons (Fsp3) is 0.526. The van der Waals surface area contributed by atoms with Gasteiger partial charge in [0.25, 0.3) is 5.91 Å². The topological polar surface area (TPSA) is 95.5 Å². The number of carboxylic acid groups (broad SMARTS) is 1. The molecule has 1 aliphatic rings. The minimum Gasteiger partial charge on any atom is -0.481 e. The van der Waals surface area contributed by atoms with Gasteiger partial charge < -0.3 is 15.7 Å². The molecule has 0 aromatic heterocycles. The average Bonchev–Trinajstić information content (AvgIpc) is 2.54. The van der Waals surface area contributed by atoms with E-state index >= 15 is 0 Å². The van der Waals surface area contributed by atoms with E-state index in [2.05, 4.69) is 10.6 Å². The van der Waals surface area contributed by atoms with E-state index in [1.54, 1.807) is 24.3 Å². The molecule has 0 saturated heterocycles. The Bertz CT molecular complexity index is 590. The summed E-state index contributed by atoms with van der Waals surface area (Å²) in [6, 6.07) is 6.66. The molecule has 0 unspecified atom stereocenters. The van der Waals surface area contributed by atoms with E-state index in [-0.39, 0.29) is 30.7 Å². The number of nitrogens with one attached hydrogen (secondary N) is 2. The lowest BCUT2D eigenvalue weighted by Crippen LogP contribution is -2.26. The number of hydrogen-bond acceptors (Lipinski definition) is 3. The molecule has 136 valence electrons. The normalized spacial score (nSPS) is 15.7. The van der Waals surface area contributed by atoms with Crippen LogP contribution in [-0.2, 0) is 9.59 Å². The molecule has 1 saturated carbocycles. The molecule has 2 rings (SSSR count). The Morgan fingerprint density at radius 2 is 1.56 bits per heavy atom. The predicted octanol–water partition coefficient (Wildman–Crippen LogP) is 3.19. The molecule has 6 nitrogen and oxygen atoms in total. The van der Waals surface area contributed by atoms with Crippen LogP contribution in [0.25, 0.3) is 0 Å². The molecule has 0 bridgehead atoms. The maximum absolute atomic E-state index is 12.4. The third-order valence-corrected chi connectivity index (χ3v) is 4.52. The van der Waals surface area contributed by atoms with Crippen LogP contribution < -0.4 is 10.6 Å². The van der Waals surface area contributed by atoms with Gasteiger partial charge in [-0.3, -0.25) is 14.4 Å². The fourth-order valence-electron chi connectivity index (χ4n) is 3.05. The first-order chi connectivity index (χ1) is 12.1. The van der Waals surface area contributed by atoms with Gasteiger partial charge in [-0.2, -0.15) is 0 Å². The second-order valence-electron chi connectivity index (χ2n) is 6.51. The van der Waals surface area contributed by atoms with Crippen molar-refractivity contribution >= 4 is 23.5 Å². The summed E-state index contributed by atoms with van der Waals surface area (Å²) in [6.45, 7) is 0.0916. The number of rotatable bonds is 6. The van der Waals surface area contributed by atoms with E-state index in [0.29, 0.717) is 11.3 Å². The van der Waals surface area contributed by atoms with E-state index in [1.165, 1.54) is 19.3 Å². The van der Waals surface area contributed by atoms with Gasteiger partial charge in [0.05, 0.1) is 6.42 Å². The maximum atomic E-state index is 12.4. The lowest BCUT2D eigenvalue weighted by Gasteiger charge is -2.19. The number of carboxylic acids is 1. The molecule has 0 heterocycles. The first-order valence-corrected chi connectivity index (χ1v) is 8.97. The van der Waals surface area contributed by atoms with Crippen molar-refractivity contribution in [2.45, 2.75) is 51.4 Å². The first kappa shape index (κ1) is 19.0. The number of carbonyl (C=O) groups excluding carboxylic acids is 2. The zero-order valence-corrected chi connectivity index (χ0v) is 14.4. The molecular formula is C19H26N2O4. The summed E-state index contributed by atoms with van der Waals surface area (Å²) >= 11 is 0. The van der Waals surface area contributed by atoms with Gasteiger partial charge in [0.15, 0.2) is 0 Å². The zero-order chi connectivity index (χ0) is 18.1. The van der Waals surface area contributed by atoms with Crippen molar-refractivity contribution in [3.8, 4) is 0 Å². The molecule has 25 heavy (non-hydrogen) atoms. The molecule has 1 aromatic rings. The Morgan fingerprint density at radius 1 is 0.960 bits per heavy atom. The molecule has 1 aliphatic carbocycles. The standard InChI is InChI=1S/C19H26N2O4/c22-17(23)12-13-20-18(24)15-8-10-16(11-9-15)21-19(25)14-6-4-2-1-3-5-7-14/h8-11,14H,1-7,12-13H2,(H,20,24)(H,21,25)(H,22,23). The van der Waals surface area contributed by atoms with Crippen LogP contribution in [0.4, 0.5) is 5.69 Å². The monoisotopic (exact) mass is 346 g/mol. The smallest absolute Gasteiger partial charge is 0.305 e. The molecule has 1 fully saturated rings. The van der Waals surface area contributed by atoms with Crippen LogP contribution in [0.3, 0.4) is 0 Å². The molecule has 1 aromatic carbocycles. The van der Waals surface area contributed by atoms with Crippen LogP contribution in [0, 0.1) is 5.92 Å². The van der Waals surface area contributed by atoms with E-state index in [4.69, 9.17) is 5.11 Å². The first-order valence-electron chi connectivity index (χ1n) is 8.97. The molecule has 3 N–H and O–H groups in total. The van der Waals surface area contributed by atoms with Crippen molar-refractivity contribution in [3.05, 3.63) is 29.8 Å². The minimum atomic E-state index is -0.951. The minimum absolute atomic E-state index is 0.0561. The number of anilines is 1. The van der Waals surface area contributed by atoms with E-state index in [0.717, 1.165) is 25.7 Å². The van der Waals surface area contributed by atoms with Crippen LogP contribution in [-0.4, -0.2) is 29.4 Å². The second-order valence-corrected chi connectivity index (χ2v) is 6.51. The Kier molecular flexibility index (Phi) is 7.44. The van der Waals surface area contributed by atoms with Crippen LogP contribution >= 0.6 is 0 Å². The van der Waals surface area contributed by atoms with Gasteiger partial charge in [0.2, 0.25) is 5.91 Å². The predicted molar refractivity (Wildman–Crippen MR) is 95.5 cm³/mol. The van der Waals surface area contributed by atoms with Gasteiger partial charge in [-0.1, -0.05) is 32.1 Å². The third-order valence-electron chi connectivity index (χ3n) is 4.52. The Hall–Kier alpha value is -2.37. The van der Waals surface area contributed by atoms with Crippen molar-refractivity contribution in [3.63, 3.8) is 0 Å². The lowest BCUT2D eigenvalue weighted by molar-refractivity contribution is -0.136. The molecule has 0 spiro atoms. The van der Waals surface area contributed by atoms with Gasteiger partial charge in [0, 0.05) is 23.7 Å². The SMILES string of the molecule is O=C(O)CCNC(=O)c1ccc(NC(=O)C2CCCCCCC2)cc1. The lowest BCUT2D eigenvalue weighted by atomic mass is 9.90. The average molecular weight is 346 g/mol. The summed E-state index contributed by atoms with van der Waals surface area (Å²) in [6.07, 6.45) is 7.66. The molecule has 6 heteroatoms. The van der Waals surface area contributed by atoms with Crippen LogP contribution in [0.15, 0.2) is 24.3 Å². The Morgan fingerprint density at radius 3 is 2.16 bits per heavy atom. The van der Waals surface area contributed by atoms with E-state index in [9.17, 15) is 14.4 Å². The molecular weight excluding hydrogens is 320 g/mol. The van der Waals surface area contributed by atoms with Gasteiger partial charge in [-0.25, -0.2) is 0 Å². The number of carbonyl (C=O) groups is 3. The molecule has 0 radical (unpaired) electrons. The Balaban J connectivity index is 1.85. The highest BCUT2D eigenvalue weighted by molar-refractivity contribution is 5.96. The van der Waals surface area contributed by atoms with Gasteiger partial charge in [-0.05, 0) is 37.1 Å². The summed E-state index contributed by atoms with van der Waals surface area (Å²) in [5.74, 6) is -1.15. The van der Waals surface area contributed by atoms with Gasteiger partial charge in [0.1, 0.15) is 0 Å². The van der Waals surface area contributed by atoms with Crippen molar-refractivity contribution < 1.29 is 19.5 Å². The van der Waals surface area contributed by atoms with Gasteiger partial charge >= 0.3 is 5.97 Å². The van der Waals surface area contributed by atoms with Crippen molar-refractivity contribution in [2.24, 2.45) is 5.92 Å². The third kappa shape index (κ3) is 6.57. The van der Waals surface area contributed by atoms with Crippen LogP contribution in [0.1, 0.15) is 61.7 Å². The number of hydrogen-bond donors (Lipinski definition) is 3. The summed E-state index contributed by atoms with van der Waals surface area (Å²) in [5, 5.41) is 14.1. The highest BCUT2D eigenvalue weighted by Crippen LogP contribution is 2.23. The van der Waals surface area contributed by atoms with Crippen LogP contribution in [0.2, 0.25) is 0 Å². The quantitative estimate of drug-likeness (QED) is 0.737. The molecule has 0 atom stereocenters. The van der Waals surface area contributed by atoms with Crippen molar-refractivity contribution in [1.29, 1.82) is 0 Å².